The first-order valence-corrected chi connectivity index (χ1v) is 19.1. The van der Waals surface area contributed by atoms with Crippen molar-refractivity contribution in [3.63, 3.8) is 0 Å². The molecule has 6 rings (SSSR count). The Balaban J connectivity index is 1.44. The SMILES string of the molecule is CC(C)[C@@H](C)[C@@]1(C)CC[C@]2(C)[C@H]3CC[C@@H]4[C@@]5(COC[C@]4(C)[C@@H](OC[C@@](C)(C(C)C)N(C)C)[C@H](n4nnc(N)n4)C5)C3=CC[C@@]2(C)[C@@H]1C(=O)O. The lowest BCUT2D eigenvalue weighted by Gasteiger charge is -2.71. The lowest BCUT2D eigenvalue weighted by Crippen LogP contribution is -2.69. The van der Waals surface area contributed by atoms with Crippen LogP contribution in [0, 0.1) is 62.6 Å². The summed E-state index contributed by atoms with van der Waals surface area (Å²) in [6.07, 6.45) is 7.97. The van der Waals surface area contributed by atoms with Crippen LogP contribution in [0.25, 0.3) is 0 Å². The van der Waals surface area contributed by atoms with Crippen molar-refractivity contribution in [2.75, 3.05) is 39.6 Å². The number of carboxylic acid groups (broad SMARTS) is 1. The average molecular weight is 683 g/mol. The van der Waals surface area contributed by atoms with Gasteiger partial charge < -0.3 is 25.2 Å². The van der Waals surface area contributed by atoms with Gasteiger partial charge in [-0.3, -0.25) is 4.79 Å². The van der Waals surface area contributed by atoms with Crippen LogP contribution in [0.1, 0.15) is 114 Å². The van der Waals surface area contributed by atoms with Crippen LogP contribution in [0.15, 0.2) is 11.6 Å². The van der Waals surface area contributed by atoms with Gasteiger partial charge in [0.2, 0.25) is 0 Å². The van der Waals surface area contributed by atoms with Crippen LogP contribution in [0.2, 0.25) is 0 Å². The zero-order chi connectivity index (χ0) is 36.1. The van der Waals surface area contributed by atoms with Gasteiger partial charge in [-0.2, -0.15) is 4.80 Å². The minimum Gasteiger partial charge on any atom is -0.481 e. The summed E-state index contributed by atoms with van der Waals surface area (Å²) in [6.45, 7) is 24.9. The van der Waals surface area contributed by atoms with Crippen molar-refractivity contribution in [3.05, 3.63) is 11.6 Å². The van der Waals surface area contributed by atoms with Crippen LogP contribution >= 0.6 is 0 Å². The predicted octanol–water partition coefficient (Wildman–Crippen LogP) is 6.75. The largest absolute Gasteiger partial charge is 0.481 e. The van der Waals surface area contributed by atoms with E-state index < -0.39 is 11.9 Å². The topological polar surface area (TPSA) is 129 Å². The first-order chi connectivity index (χ1) is 22.7. The average Bonchev–Trinajstić information content (AvgIpc) is 3.45. The molecular formula is C39H66N6O4. The number of hydrogen-bond donors (Lipinski definition) is 2. The number of nitrogens with two attached hydrogens (primary N) is 1. The molecule has 5 aliphatic rings. The number of fused-ring (bicyclic) bond motifs is 3. The number of likely N-dealkylation sites (N-methyl/N-ethyl adjacent to an activating group) is 1. The number of ether oxygens (including phenoxy) is 2. The van der Waals surface area contributed by atoms with Crippen LogP contribution in [-0.4, -0.2) is 81.7 Å². The summed E-state index contributed by atoms with van der Waals surface area (Å²) in [5.74, 6) is 0.902. The van der Waals surface area contributed by atoms with E-state index >= 15 is 0 Å². The molecule has 4 fully saturated rings. The molecule has 10 heteroatoms. The number of aromatic nitrogens is 4. The summed E-state index contributed by atoms with van der Waals surface area (Å²) < 4.78 is 13.9. The third kappa shape index (κ3) is 5.02. The number of carboxylic acids is 1. The summed E-state index contributed by atoms with van der Waals surface area (Å²) in [5, 5.41) is 24.3. The molecule has 276 valence electrons. The molecule has 2 heterocycles. The molecular weight excluding hydrogens is 616 g/mol. The van der Waals surface area contributed by atoms with Gasteiger partial charge in [-0.25, -0.2) is 0 Å². The van der Waals surface area contributed by atoms with Gasteiger partial charge in [-0.15, -0.1) is 5.10 Å². The molecule has 3 saturated carbocycles. The number of aliphatic carboxylic acids is 1. The van der Waals surface area contributed by atoms with Crippen molar-refractivity contribution >= 4 is 11.9 Å². The maximum absolute atomic E-state index is 13.5. The van der Waals surface area contributed by atoms with E-state index in [0.717, 1.165) is 38.5 Å². The lowest BCUT2D eigenvalue weighted by molar-refractivity contribution is -0.256. The van der Waals surface area contributed by atoms with Gasteiger partial charge in [-0.05, 0) is 111 Å². The first kappa shape index (κ1) is 36.7. The maximum atomic E-state index is 13.5. The van der Waals surface area contributed by atoms with Gasteiger partial charge in [0.05, 0.1) is 31.8 Å². The molecule has 49 heavy (non-hydrogen) atoms. The fourth-order valence-electron chi connectivity index (χ4n) is 12.6. The summed E-state index contributed by atoms with van der Waals surface area (Å²) in [5.41, 5.74) is 6.16. The Morgan fingerprint density at radius 2 is 1.82 bits per heavy atom. The van der Waals surface area contributed by atoms with E-state index in [1.165, 1.54) is 5.57 Å². The molecule has 0 radical (unpaired) electrons. The molecule has 10 nitrogen and oxygen atoms in total. The van der Waals surface area contributed by atoms with E-state index in [-0.39, 0.29) is 50.7 Å². The van der Waals surface area contributed by atoms with Crippen LogP contribution in [0.4, 0.5) is 5.95 Å². The van der Waals surface area contributed by atoms with Crippen LogP contribution in [0.5, 0.6) is 0 Å². The minimum absolute atomic E-state index is 0.145. The Morgan fingerprint density at radius 1 is 1.12 bits per heavy atom. The Bertz CT molecular complexity index is 1450. The number of tetrazole rings is 1. The molecule has 1 aromatic rings. The Hall–Kier alpha value is -2.04. The van der Waals surface area contributed by atoms with Gasteiger partial charge in [-0.1, -0.05) is 79.1 Å². The summed E-state index contributed by atoms with van der Waals surface area (Å²) >= 11 is 0. The van der Waals surface area contributed by atoms with Crippen LogP contribution in [0.3, 0.4) is 0 Å². The number of nitrogen functional groups attached to an aromatic ring is 1. The van der Waals surface area contributed by atoms with Gasteiger partial charge in [0.1, 0.15) is 6.04 Å². The highest BCUT2D eigenvalue weighted by atomic mass is 16.5. The summed E-state index contributed by atoms with van der Waals surface area (Å²) in [4.78, 5) is 17.5. The van der Waals surface area contributed by atoms with Crippen molar-refractivity contribution in [1.82, 2.24) is 25.1 Å². The fourth-order valence-corrected chi connectivity index (χ4v) is 12.6. The normalized spacial score (nSPS) is 43.7. The highest BCUT2D eigenvalue weighted by Crippen LogP contribution is 2.75. The summed E-state index contributed by atoms with van der Waals surface area (Å²) in [6, 6.07) is -0.164. The van der Waals surface area contributed by atoms with Gasteiger partial charge in [0.25, 0.3) is 5.95 Å². The second-order valence-electron chi connectivity index (χ2n) is 19.2. The summed E-state index contributed by atoms with van der Waals surface area (Å²) in [7, 11) is 4.27. The molecule has 0 spiro atoms. The standard InChI is InChI=1S/C39H66N6O4/c1-23(2)25(5)34(6)17-18-36(8)26-13-14-29-35(7)20-48-22-39(29,27(26)15-16-37(36,9)30(34)32(46)47)19-28(45-42-33(40)41-43-45)31(35)49-21-38(10,24(3)4)44(11)12/h15,23-26,28-31H,13-14,16-22H2,1-12H3,(H2,40,42)(H,46,47)/t25-,26+,28-,29+,30-,31+,34-,35+,36-,37+,38+,39+/m1/s1. The molecule has 1 saturated heterocycles. The third-order valence-corrected chi connectivity index (χ3v) is 16.7. The zero-order valence-corrected chi connectivity index (χ0v) is 32.5. The number of nitrogens with zero attached hydrogens (tertiary/aromatic N) is 5. The van der Waals surface area contributed by atoms with Crippen LogP contribution < -0.4 is 5.73 Å². The maximum Gasteiger partial charge on any atom is 0.307 e. The van der Waals surface area contributed by atoms with Crippen molar-refractivity contribution in [2.24, 2.45) is 62.6 Å². The van der Waals surface area contributed by atoms with E-state index in [1.807, 2.05) is 0 Å². The van der Waals surface area contributed by atoms with Crippen molar-refractivity contribution in [1.29, 1.82) is 0 Å². The minimum atomic E-state index is -0.626. The van der Waals surface area contributed by atoms with E-state index in [4.69, 9.17) is 15.2 Å². The molecule has 0 aromatic carbocycles. The second kappa shape index (κ2) is 12.0. The predicted molar refractivity (Wildman–Crippen MR) is 192 cm³/mol. The Labute approximate surface area is 295 Å². The molecule has 3 N–H and O–H groups in total. The fraction of sp³-hybridized carbons (Fsp3) is 0.897. The monoisotopic (exact) mass is 683 g/mol. The number of carbonyl (C=O) groups is 1. The smallest absolute Gasteiger partial charge is 0.307 e. The van der Waals surface area contributed by atoms with E-state index in [9.17, 15) is 9.90 Å². The highest BCUT2D eigenvalue weighted by Gasteiger charge is 2.72. The van der Waals surface area contributed by atoms with Gasteiger partial charge in [0.15, 0.2) is 0 Å². The quantitative estimate of drug-likeness (QED) is 0.272. The number of hydrogen-bond acceptors (Lipinski definition) is 8. The van der Waals surface area contributed by atoms with Crippen molar-refractivity contribution in [2.45, 2.75) is 125 Å². The number of anilines is 1. The van der Waals surface area contributed by atoms with Crippen LogP contribution in [-0.2, 0) is 14.3 Å². The van der Waals surface area contributed by atoms with E-state index in [0.29, 0.717) is 49.4 Å². The van der Waals surface area contributed by atoms with Crippen molar-refractivity contribution in [3.8, 4) is 0 Å². The molecule has 4 aliphatic carbocycles. The Morgan fingerprint density at radius 3 is 2.39 bits per heavy atom. The molecule has 0 unspecified atom stereocenters. The molecule has 12 atom stereocenters. The first-order valence-electron chi connectivity index (χ1n) is 19.1. The van der Waals surface area contributed by atoms with E-state index in [1.54, 1.807) is 4.80 Å². The highest BCUT2D eigenvalue weighted by molar-refractivity contribution is 5.73. The van der Waals surface area contributed by atoms with E-state index in [2.05, 4.69) is 110 Å². The third-order valence-electron chi connectivity index (χ3n) is 16.7. The number of allylic oxidation sites excluding steroid dienone is 1. The lowest BCUT2D eigenvalue weighted by atomic mass is 9.34. The molecule has 1 aliphatic heterocycles. The zero-order valence-electron chi connectivity index (χ0n) is 32.5. The molecule has 0 amide bonds. The molecule has 1 aromatic heterocycles. The Kier molecular flexibility index (Phi) is 9.00. The van der Waals surface area contributed by atoms with Gasteiger partial charge >= 0.3 is 5.97 Å². The second-order valence-corrected chi connectivity index (χ2v) is 19.2. The molecule has 2 bridgehead atoms. The number of rotatable bonds is 9. The van der Waals surface area contributed by atoms with Crippen molar-refractivity contribution < 1.29 is 19.4 Å². The van der Waals surface area contributed by atoms with Gasteiger partial charge in [0, 0.05) is 16.4 Å².